The van der Waals surface area contributed by atoms with Crippen molar-refractivity contribution in [2.75, 3.05) is 0 Å². The number of hydrogen-bond acceptors (Lipinski definition) is 2. The van der Waals surface area contributed by atoms with E-state index in [-0.39, 0.29) is 21.1 Å². The highest BCUT2D eigenvalue weighted by Crippen LogP contribution is 2.22. The standard InChI is InChI=1S/C17H18O2Si/c1-17(2,3)14-11-9-13(10-12-14)16(18)19-20-15-7-5-4-6-8-15/h4-12H,1-3H3. The van der Waals surface area contributed by atoms with Gasteiger partial charge in [-0.2, -0.15) is 0 Å². The largest absolute Gasteiger partial charge is 0.508 e. The number of benzene rings is 2. The first-order chi connectivity index (χ1) is 9.47. The lowest BCUT2D eigenvalue weighted by Gasteiger charge is -2.18. The molecule has 0 aliphatic heterocycles. The van der Waals surface area contributed by atoms with Crippen LogP contribution >= 0.6 is 0 Å². The molecule has 3 heteroatoms. The first-order valence-corrected chi connectivity index (χ1v) is 7.50. The van der Waals surface area contributed by atoms with E-state index < -0.39 is 0 Å². The average molecular weight is 282 g/mol. The Morgan fingerprint density at radius 2 is 1.55 bits per heavy atom. The van der Waals surface area contributed by atoms with Gasteiger partial charge < -0.3 is 4.43 Å². The summed E-state index contributed by atoms with van der Waals surface area (Å²) < 4.78 is 5.33. The molecule has 2 radical (unpaired) electrons. The van der Waals surface area contributed by atoms with E-state index in [9.17, 15) is 4.79 Å². The third-order valence-electron chi connectivity index (χ3n) is 3.02. The minimum absolute atomic E-state index is 0.0471. The highest BCUT2D eigenvalue weighted by molar-refractivity contribution is 6.49. The molecule has 0 atom stereocenters. The van der Waals surface area contributed by atoms with Gasteiger partial charge in [-0.15, -0.1) is 0 Å². The SMILES string of the molecule is CC(C)(C)c1ccc(C(=O)O[Si]c2ccccc2)cc1. The van der Waals surface area contributed by atoms with Crippen LogP contribution < -0.4 is 5.19 Å². The molecule has 0 saturated carbocycles. The fourth-order valence-electron chi connectivity index (χ4n) is 1.78. The summed E-state index contributed by atoms with van der Waals surface area (Å²) in [7, 11) is 0.0471. The quantitative estimate of drug-likeness (QED) is 0.809. The lowest BCUT2D eigenvalue weighted by molar-refractivity contribution is 0.0744. The molecule has 0 aromatic heterocycles. The summed E-state index contributed by atoms with van der Waals surface area (Å²) in [5.41, 5.74) is 1.90. The minimum Gasteiger partial charge on any atom is -0.508 e. The summed E-state index contributed by atoms with van der Waals surface area (Å²) in [5.74, 6) is -0.271. The van der Waals surface area contributed by atoms with E-state index >= 15 is 0 Å². The van der Waals surface area contributed by atoms with Gasteiger partial charge in [0.15, 0.2) is 0 Å². The molecule has 0 aliphatic carbocycles. The maximum Gasteiger partial charge on any atom is 0.355 e. The number of hydrogen-bond donors (Lipinski definition) is 0. The molecule has 2 nitrogen and oxygen atoms in total. The predicted molar refractivity (Wildman–Crippen MR) is 82.4 cm³/mol. The van der Waals surface area contributed by atoms with Gasteiger partial charge in [0.2, 0.25) is 0 Å². The van der Waals surface area contributed by atoms with Gasteiger partial charge in [0, 0.05) is 0 Å². The van der Waals surface area contributed by atoms with Crippen molar-refractivity contribution in [3.05, 3.63) is 65.7 Å². The Bertz CT molecular complexity index is 568. The molecule has 0 aliphatic rings. The second-order valence-electron chi connectivity index (χ2n) is 5.68. The molecule has 2 rings (SSSR count). The molecule has 0 spiro atoms. The van der Waals surface area contributed by atoms with Crippen LogP contribution in [0.25, 0.3) is 0 Å². The molecule has 0 amide bonds. The first kappa shape index (κ1) is 14.5. The zero-order valence-corrected chi connectivity index (χ0v) is 13.0. The zero-order chi connectivity index (χ0) is 14.6. The molecule has 2 aromatic rings. The van der Waals surface area contributed by atoms with Crippen molar-refractivity contribution >= 4 is 20.9 Å². The summed E-state index contributed by atoms with van der Waals surface area (Å²) in [4.78, 5) is 12.0. The van der Waals surface area contributed by atoms with E-state index in [1.807, 2.05) is 54.6 Å². The smallest absolute Gasteiger partial charge is 0.355 e. The maximum atomic E-state index is 12.0. The van der Waals surface area contributed by atoms with Crippen LogP contribution in [0.3, 0.4) is 0 Å². The van der Waals surface area contributed by atoms with Gasteiger partial charge in [0.05, 0.1) is 5.56 Å². The van der Waals surface area contributed by atoms with Crippen LogP contribution in [-0.2, 0) is 9.84 Å². The lowest BCUT2D eigenvalue weighted by Crippen LogP contribution is -2.21. The third-order valence-corrected chi connectivity index (χ3v) is 3.88. The molecule has 0 fully saturated rings. The predicted octanol–water partition coefficient (Wildman–Crippen LogP) is 3.09. The monoisotopic (exact) mass is 282 g/mol. The Kier molecular flexibility index (Phi) is 4.40. The van der Waals surface area contributed by atoms with Crippen molar-refractivity contribution in [1.82, 2.24) is 0 Å². The molecule has 102 valence electrons. The van der Waals surface area contributed by atoms with E-state index in [0.29, 0.717) is 5.56 Å². The van der Waals surface area contributed by atoms with E-state index in [2.05, 4.69) is 20.8 Å². The molecule has 0 N–H and O–H groups in total. The Labute approximate surface area is 122 Å². The number of rotatable bonds is 3. The molecule has 2 aromatic carbocycles. The van der Waals surface area contributed by atoms with Crippen molar-refractivity contribution < 1.29 is 9.22 Å². The van der Waals surface area contributed by atoms with Crippen LogP contribution in [-0.4, -0.2) is 15.7 Å². The van der Waals surface area contributed by atoms with Gasteiger partial charge in [-0.05, 0) is 28.3 Å². The molecule has 0 heterocycles. The van der Waals surface area contributed by atoms with Gasteiger partial charge in [0.25, 0.3) is 0 Å². The van der Waals surface area contributed by atoms with E-state index in [4.69, 9.17) is 4.43 Å². The Hall–Kier alpha value is -1.87. The number of carbonyl (C=O) groups is 1. The Balaban J connectivity index is 1.99. The van der Waals surface area contributed by atoms with Gasteiger partial charge in [-0.1, -0.05) is 63.2 Å². The number of carbonyl (C=O) groups excluding carboxylic acids is 1. The van der Waals surface area contributed by atoms with Crippen LogP contribution in [0.15, 0.2) is 54.6 Å². The van der Waals surface area contributed by atoms with Crippen LogP contribution in [0.1, 0.15) is 36.7 Å². The van der Waals surface area contributed by atoms with Crippen molar-refractivity contribution in [2.45, 2.75) is 26.2 Å². The molecule has 0 saturated heterocycles. The van der Waals surface area contributed by atoms with Crippen LogP contribution in [0.5, 0.6) is 0 Å². The van der Waals surface area contributed by atoms with Crippen molar-refractivity contribution in [2.24, 2.45) is 0 Å². The lowest BCUT2D eigenvalue weighted by atomic mass is 9.87. The summed E-state index contributed by atoms with van der Waals surface area (Å²) in [6, 6.07) is 17.4. The van der Waals surface area contributed by atoms with Crippen molar-refractivity contribution in [3.8, 4) is 0 Å². The molecule has 0 bridgehead atoms. The highest BCUT2D eigenvalue weighted by atomic mass is 28.2. The molecular formula is C17H18O2Si. The van der Waals surface area contributed by atoms with Crippen LogP contribution in [0, 0.1) is 0 Å². The molecule has 20 heavy (non-hydrogen) atoms. The van der Waals surface area contributed by atoms with E-state index in [1.54, 1.807) is 0 Å². The first-order valence-electron chi connectivity index (χ1n) is 6.59. The fraction of sp³-hybridized carbons (Fsp3) is 0.235. The topological polar surface area (TPSA) is 26.3 Å². The normalized spacial score (nSPS) is 11.2. The highest BCUT2D eigenvalue weighted by Gasteiger charge is 2.14. The third kappa shape index (κ3) is 3.81. The molecular weight excluding hydrogens is 264 g/mol. The fourth-order valence-corrected chi connectivity index (χ4v) is 2.43. The van der Waals surface area contributed by atoms with Crippen molar-refractivity contribution in [1.29, 1.82) is 0 Å². The van der Waals surface area contributed by atoms with E-state index in [0.717, 1.165) is 5.19 Å². The van der Waals surface area contributed by atoms with Gasteiger partial charge in [0.1, 0.15) is 0 Å². The minimum atomic E-state index is -0.271. The summed E-state index contributed by atoms with van der Waals surface area (Å²) in [6.07, 6.45) is 0. The van der Waals surface area contributed by atoms with Crippen LogP contribution in [0.4, 0.5) is 0 Å². The van der Waals surface area contributed by atoms with Gasteiger partial charge in [-0.25, -0.2) is 4.79 Å². The van der Waals surface area contributed by atoms with Gasteiger partial charge >= 0.3 is 15.7 Å². The van der Waals surface area contributed by atoms with Gasteiger partial charge in [-0.3, -0.25) is 0 Å². The summed E-state index contributed by atoms with van der Waals surface area (Å²) in [6.45, 7) is 6.45. The van der Waals surface area contributed by atoms with Crippen molar-refractivity contribution in [3.63, 3.8) is 0 Å². The summed E-state index contributed by atoms with van der Waals surface area (Å²) in [5, 5.41) is 1.02. The van der Waals surface area contributed by atoms with E-state index in [1.165, 1.54) is 5.56 Å². The maximum absolute atomic E-state index is 12.0. The van der Waals surface area contributed by atoms with Crippen LogP contribution in [0.2, 0.25) is 0 Å². The Morgan fingerprint density at radius 1 is 0.950 bits per heavy atom. The average Bonchev–Trinajstić information content (AvgIpc) is 2.45. The summed E-state index contributed by atoms with van der Waals surface area (Å²) >= 11 is 0. The zero-order valence-electron chi connectivity index (χ0n) is 12.0. The second kappa shape index (κ2) is 6.05. The molecule has 0 unspecified atom stereocenters. The Morgan fingerprint density at radius 3 is 2.10 bits per heavy atom. The second-order valence-corrected chi connectivity index (χ2v) is 6.67.